The Bertz CT molecular complexity index is 1010. The second-order valence-corrected chi connectivity index (χ2v) is 6.76. The van der Waals surface area contributed by atoms with Gasteiger partial charge >= 0.3 is 0 Å². The molecule has 0 unspecified atom stereocenters. The van der Waals surface area contributed by atoms with Crippen molar-refractivity contribution in [3.63, 3.8) is 0 Å². The number of fused-ring (bicyclic) bond motifs is 2. The van der Waals surface area contributed by atoms with E-state index in [1.165, 1.54) is 30.1 Å². The molecule has 3 amide bonds. The highest BCUT2D eigenvalue weighted by atomic mass is 19.1. The Morgan fingerprint density at radius 3 is 2.86 bits per heavy atom. The molecule has 29 heavy (non-hydrogen) atoms. The molecule has 8 nitrogen and oxygen atoms in total. The van der Waals surface area contributed by atoms with E-state index >= 15 is 0 Å². The van der Waals surface area contributed by atoms with Gasteiger partial charge in [0.2, 0.25) is 5.91 Å². The van der Waals surface area contributed by atoms with E-state index in [1.807, 2.05) is 0 Å². The van der Waals surface area contributed by atoms with Crippen LogP contribution in [0.1, 0.15) is 22.3 Å². The second kappa shape index (κ2) is 7.42. The predicted octanol–water partition coefficient (Wildman–Crippen LogP) is 1.34. The van der Waals surface area contributed by atoms with Crippen LogP contribution in [-0.2, 0) is 16.0 Å². The zero-order valence-electron chi connectivity index (χ0n) is 15.5. The number of anilines is 1. The molecule has 0 radical (unpaired) electrons. The summed E-state index contributed by atoms with van der Waals surface area (Å²) in [6, 6.07) is 8.08. The number of hydrogen-bond donors (Lipinski definition) is 2. The topological polar surface area (TPSA) is 97.0 Å². The smallest absolute Gasteiger partial charge is 0.258 e. The van der Waals surface area contributed by atoms with Crippen molar-refractivity contribution in [2.45, 2.75) is 18.9 Å². The van der Waals surface area contributed by atoms with Crippen molar-refractivity contribution in [2.75, 3.05) is 18.6 Å². The van der Waals surface area contributed by atoms with Gasteiger partial charge in [0, 0.05) is 24.2 Å². The Labute approximate surface area is 165 Å². The molecule has 2 aromatic carbocycles. The summed E-state index contributed by atoms with van der Waals surface area (Å²) >= 11 is 0. The van der Waals surface area contributed by atoms with Gasteiger partial charge in [-0.05, 0) is 30.3 Å². The Morgan fingerprint density at radius 1 is 1.24 bits per heavy atom. The number of amides is 3. The average Bonchev–Trinajstić information content (AvgIpc) is 2.72. The summed E-state index contributed by atoms with van der Waals surface area (Å²) in [6.07, 6.45) is 0.110. The lowest BCUT2D eigenvalue weighted by molar-refractivity contribution is -0.128. The van der Waals surface area contributed by atoms with Crippen molar-refractivity contribution in [3.8, 4) is 11.5 Å². The van der Waals surface area contributed by atoms with Gasteiger partial charge in [0.25, 0.3) is 11.8 Å². The zero-order chi connectivity index (χ0) is 20.5. The standard InChI is InChI=1S/C20H18FN3O5/c1-22-18(25)9-14-10-28-17-8-13(21)3-4-15(17)24(14)20(27)11-2-5-16-12(6-11)7-19(26)23-29-16/h2-6,8,14H,7,9-10H2,1H3,(H,22,25)(H,23,26)/t14-/m1/s1. The monoisotopic (exact) mass is 399 g/mol. The number of halogens is 1. The van der Waals surface area contributed by atoms with Gasteiger partial charge in [0.1, 0.15) is 18.2 Å². The molecule has 4 rings (SSSR count). The van der Waals surface area contributed by atoms with Crippen LogP contribution in [0.4, 0.5) is 10.1 Å². The minimum absolute atomic E-state index is 0.0233. The highest BCUT2D eigenvalue weighted by Gasteiger charge is 2.35. The minimum Gasteiger partial charge on any atom is -0.489 e. The first-order valence-corrected chi connectivity index (χ1v) is 9.01. The van der Waals surface area contributed by atoms with Gasteiger partial charge in [-0.1, -0.05) is 0 Å². The summed E-state index contributed by atoms with van der Waals surface area (Å²) < 4.78 is 19.2. The van der Waals surface area contributed by atoms with E-state index in [-0.39, 0.29) is 42.9 Å². The molecule has 9 heteroatoms. The highest BCUT2D eigenvalue weighted by Crippen LogP contribution is 2.37. The maximum atomic E-state index is 13.6. The fraction of sp³-hybridized carbons (Fsp3) is 0.250. The van der Waals surface area contributed by atoms with E-state index in [0.717, 1.165) is 0 Å². The lowest BCUT2D eigenvalue weighted by Crippen LogP contribution is -2.49. The van der Waals surface area contributed by atoms with Gasteiger partial charge in [0.15, 0.2) is 5.75 Å². The number of ether oxygens (including phenoxy) is 1. The molecule has 2 aliphatic rings. The SMILES string of the molecule is CNC(=O)C[C@@H]1COc2cc(F)ccc2N1C(=O)c1ccc2c(c1)CC(=O)NO2. The van der Waals surface area contributed by atoms with Crippen molar-refractivity contribution in [3.05, 3.63) is 53.3 Å². The first-order chi connectivity index (χ1) is 14.0. The Kier molecular flexibility index (Phi) is 4.79. The van der Waals surface area contributed by atoms with E-state index in [0.29, 0.717) is 22.6 Å². The summed E-state index contributed by atoms with van der Waals surface area (Å²) in [6.45, 7) is 0.0477. The Morgan fingerprint density at radius 2 is 2.07 bits per heavy atom. The number of nitrogens with one attached hydrogen (secondary N) is 2. The second-order valence-electron chi connectivity index (χ2n) is 6.76. The summed E-state index contributed by atoms with van der Waals surface area (Å²) in [5.74, 6) is -0.745. The number of benzene rings is 2. The molecule has 2 aromatic rings. The van der Waals surface area contributed by atoms with E-state index in [9.17, 15) is 18.8 Å². The lowest BCUT2D eigenvalue weighted by Gasteiger charge is -2.37. The fourth-order valence-electron chi connectivity index (χ4n) is 3.41. The minimum atomic E-state index is -0.573. The van der Waals surface area contributed by atoms with Crippen LogP contribution in [0.3, 0.4) is 0 Å². The molecule has 0 spiro atoms. The third-order valence-corrected chi connectivity index (χ3v) is 4.83. The van der Waals surface area contributed by atoms with Gasteiger partial charge < -0.3 is 14.9 Å². The quantitative estimate of drug-likeness (QED) is 0.812. The van der Waals surface area contributed by atoms with Gasteiger partial charge in [0.05, 0.1) is 24.6 Å². The molecular weight excluding hydrogens is 381 g/mol. The van der Waals surface area contributed by atoms with Gasteiger partial charge in [-0.2, -0.15) is 5.48 Å². The molecule has 2 heterocycles. The van der Waals surface area contributed by atoms with E-state index in [1.54, 1.807) is 18.2 Å². The first kappa shape index (κ1) is 18.7. The van der Waals surface area contributed by atoms with E-state index in [4.69, 9.17) is 9.57 Å². The van der Waals surface area contributed by atoms with Crippen molar-refractivity contribution >= 4 is 23.4 Å². The molecule has 0 fully saturated rings. The van der Waals surface area contributed by atoms with E-state index in [2.05, 4.69) is 10.8 Å². The fourth-order valence-corrected chi connectivity index (χ4v) is 3.41. The van der Waals surface area contributed by atoms with Crippen LogP contribution in [0.2, 0.25) is 0 Å². The maximum absolute atomic E-state index is 13.6. The molecule has 0 aromatic heterocycles. The largest absolute Gasteiger partial charge is 0.489 e. The molecule has 0 saturated carbocycles. The zero-order valence-corrected chi connectivity index (χ0v) is 15.5. The first-order valence-electron chi connectivity index (χ1n) is 9.01. The van der Waals surface area contributed by atoms with Crippen LogP contribution in [0.5, 0.6) is 11.5 Å². The van der Waals surface area contributed by atoms with Crippen molar-refractivity contribution in [1.82, 2.24) is 10.8 Å². The molecular formula is C20H18FN3O5. The Balaban J connectivity index is 1.72. The number of hydrogen-bond acceptors (Lipinski definition) is 5. The number of carbonyl (C=O) groups is 3. The summed E-state index contributed by atoms with van der Waals surface area (Å²) in [5.41, 5.74) is 3.55. The lowest BCUT2D eigenvalue weighted by atomic mass is 10.0. The van der Waals surface area contributed by atoms with E-state index < -0.39 is 11.9 Å². The average molecular weight is 399 g/mol. The normalized spacial score (nSPS) is 17.2. The summed E-state index contributed by atoms with van der Waals surface area (Å²) in [4.78, 5) is 43.5. The summed E-state index contributed by atoms with van der Waals surface area (Å²) in [7, 11) is 1.51. The van der Waals surface area contributed by atoms with Crippen molar-refractivity contribution in [2.24, 2.45) is 0 Å². The molecule has 2 aliphatic heterocycles. The number of nitrogens with zero attached hydrogens (tertiary/aromatic N) is 1. The molecule has 0 aliphatic carbocycles. The summed E-state index contributed by atoms with van der Waals surface area (Å²) in [5, 5.41) is 2.54. The van der Waals surface area contributed by atoms with Crippen LogP contribution in [0, 0.1) is 5.82 Å². The Hall–Kier alpha value is -3.62. The van der Waals surface area contributed by atoms with Crippen LogP contribution in [0.25, 0.3) is 0 Å². The van der Waals surface area contributed by atoms with Gasteiger partial charge in [-0.3, -0.25) is 19.3 Å². The van der Waals surface area contributed by atoms with Crippen molar-refractivity contribution in [1.29, 1.82) is 0 Å². The molecule has 0 bridgehead atoms. The molecule has 150 valence electrons. The van der Waals surface area contributed by atoms with Gasteiger partial charge in [-0.25, -0.2) is 4.39 Å². The van der Waals surface area contributed by atoms with Crippen LogP contribution < -0.4 is 25.3 Å². The number of hydroxylamine groups is 1. The predicted molar refractivity (Wildman–Crippen MR) is 100 cm³/mol. The highest BCUT2D eigenvalue weighted by molar-refractivity contribution is 6.08. The molecule has 2 N–H and O–H groups in total. The van der Waals surface area contributed by atoms with Crippen LogP contribution in [0.15, 0.2) is 36.4 Å². The third kappa shape index (κ3) is 3.58. The molecule has 1 atom stereocenters. The molecule has 0 saturated heterocycles. The maximum Gasteiger partial charge on any atom is 0.258 e. The van der Waals surface area contributed by atoms with Crippen molar-refractivity contribution < 1.29 is 28.3 Å². The van der Waals surface area contributed by atoms with Crippen LogP contribution in [-0.4, -0.2) is 37.4 Å². The van der Waals surface area contributed by atoms with Crippen LogP contribution >= 0.6 is 0 Å². The number of rotatable bonds is 3. The van der Waals surface area contributed by atoms with Gasteiger partial charge in [-0.15, -0.1) is 0 Å². The third-order valence-electron chi connectivity index (χ3n) is 4.83. The number of carbonyl (C=O) groups excluding carboxylic acids is 3.